The molecule has 4 nitrogen and oxygen atoms in total. The molecular formula is C16H17BrN2O2. The van der Waals surface area contributed by atoms with Crippen LogP contribution < -0.4 is 15.4 Å². The largest absolute Gasteiger partial charge is 0.497 e. The fourth-order valence-electron chi connectivity index (χ4n) is 1.98. The monoisotopic (exact) mass is 348 g/mol. The molecule has 5 heteroatoms. The number of hydrogen-bond donors (Lipinski definition) is 2. The summed E-state index contributed by atoms with van der Waals surface area (Å²) in [6.07, 6.45) is 0. The van der Waals surface area contributed by atoms with Crippen LogP contribution in [0.3, 0.4) is 0 Å². The van der Waals surface area contributed by atoms with Gasteiger partial charge in [0.05, 0.1) is 18.4 Å². The third-order valence-corrected chi connectivity index (χ3v) is 3.80. The van der Waals surface area contributed by atoms with Crippen LogP contribution in [0, 0.1) is 6.92 Å². The van der Waals surface area contributed by atoms with Gasteiger partial charge in [-0.3, -0.25) is 4.79 Å². The summed E-state index contributed by atoms with van der Waals surface area (Å²) in [4.78, 5) is 12.4. The lowest BCUT2D eigenvalue weighted by Gasteiger charge is -2.12. The average molecular weight is 349 g/mol. The number of carbonyl (C=O) groups excluding carboxylic acids is 1. The van der Waals surface area contributed by atoms with E-state index >= 15 is 0 Å². The van der Waals surface area contributed by atoms with E-state index in [0.29, 0.717) is 17.0 Å². The Hall–Kier alpha value is -2.01. The van der Waals surface area contributed by atoms with Crippen LogP contribution in [0.1, 0.15) is 15.9 Å². The Morgan fingerprint density at radius 2 is 1.90 bits per heavy atom. The lowest BCUT2D eigenvalue weighted by molar-refractivity contribution is 0.102. The van der Waals surface area contributed by atoms with E-state index in [9.17, 15) is 4.79 Å². The number of amides is 1. The van der Waals surface area contributed by atoms with Gasteiger partial charge in [-0.15, -0.1) is 0 Å². The molecule has 0 spiro atoms. The molecular weight excluding hydrogens is 332 g/mol. The van der Waals surface area contributed by atoms with Crippen molar-refractivity contribution in [3.63, 3.8) is 0 Å². The van der Waals surface area contributed by atoms with E-state index in [0.717, 1.165) is 15.7 Å². The molecule has 21 heavy (non-hydrogen) atoms. The standard InChI is InChI=1S/C16H17BrN2O2/c1-10-4-6-12(14(8-10)18-2)16(20)19-15-9-11(21-3)5-7-13(15)17/h4-9,18H,1-3H3,(H,19,20). The first-order valence-corrected chi connectivity index (χ1v) is 7.27. The lowest BCUT2D eigenvalue weighted by atomic mass is 10.1. The molecule has 0 bridgehead atoms. The Bertz CT molecular complexity index is 671. The average Bonchev–Trinajstić information content (AvgIpc) is 2.49. The number of carbonyl (C=O) groups is 1. The van der Waals surface area contributed by atoms with Crippen molar-refractivity contribution in [3.8, 4) is 5.75 Å². The van der Waals surface area contributed by atoms with Gasteiger partial charge in [-0.05, 0) is 52.7 Å². The van der Waals surface area contributed by atoms with Gasteiger partial charge in [-0.25, -0.2) is 0 Å². The van der Waals surface area contributed by atoms with Crippen LogP contribution in [0.5, 0.6) is 5.75 Å². The van der Waals surface area contributed by atoms with Gasteiger partial charge in [0.25, 0.3) is 5.91 Å². The Kier molecular flexibility index (Phi) is 4.85. The number of methoxy groups -OCH3 is 1. The second-order valence-electron chi connectivity index (χ2n) is 4.60. The van der Waals surface area contributed by atoms with Gasteiger partial charge in [0.2, 0.25) is 0 Å². The fraction of sp³-hybridized carbons (Fsp3) is 0.188. The molecule has 0 atom stereocenters. The summed E-state index contributed by atoms with van der Waals surface area (Å²) in [5.41, 5.74) is 3.16. The molecule has 0 aromatic heterocycles. The highest BCUT2D eigenvalue weighted by atomic mass is 79.9. The summed E-state index contributed by atoms with van der Waals surface area (Å²) in [5, 5.41) is 5.93. The number of aryl methyl sites for hydroxylation is 1. The third-order valence-electron chi connectivity index (χ3n) is 3.11. The van der Waals surface area contributed by atoms with Crippen LogP contribution in [-0.2, 0) is 0 Å². The van der Waals surface area contributed by atoms with Crippen molar-refractivity contribution in [3.05, 3.63) is 52.0 Å². The molecule has 2 N–H and O–H groups in total. The number of rotatable bonds is 4. The lowest BCUT2D eigenvalue weighted by Crippen LogP contribution is -2.14. The van der Waals surface area contributed by atoms with E-state index in [1.807, 2.05) is 37.3 Å². The summed E-state index contributed by atoms with van der Waals surface area (Å²) in [7, 11) is 3.39. The number of nitrogens with one attached hydrogen (secondary N) is 2. The molecule has 0 aliphatic rings. The minimum absolute atomic E-state index is 0.173. The summed E-state index contributed by atoms with van der Waals surface area (Å²) < 4.78 is 5.97. The van der Waals surface area contributed by atoms with Crippen LogP contribution in [0.4, 0.5) is 11.4 Å². The van der Waals surface area contributed by atoms with Crippen molar-refractivity contribution in [2.45, 2.75) is 6.92 Å². The zero-order valence-corrected chi connectivity index (χ0v) is 13.7. The van der Waals surface area contributed by atoms with Crippen LogP contribution >= 0.6 is 15.9 Å². The normalized spacial score (nSPS) is 10.1. The van der Waals surface area contributed by atoms with Crippen molar-refractivity contribution < 1.29 is 9.53 Å². The van der Waals surface area contributed by atoms with Crippen molar-refractivity contribution in [2.24, 2.45) is 0 Å². The van der Waals surface area contributed by atoms with Gasteiger partial charge in [0, 0.05) is 23.3 Å². The molecule has 110 valence electrons. The Morgan fingerprint density at radius 3 is 2.57 bits per heavy atom. The molecule has 2 aromatic carbocycles. The molecule has 0 radical (unpaired) electrons. The highest BCUT2D eigenvalue weighted by molar-refractivity contribution is 9.10. The number of anilines is 2. The van der Waals surface area contributed by atoms with Crippen LogP contribution in [0.25, 0.3) is 0 Å². The summed E-state index contributed by atoms with van der Waals surface area (Å²) in [6.45, 7) is 1.99. The van der Waals surface area contributed by atoms with Gasteiger partial charge in [0.1, 0.15) is 5.75 Å². The molecule has 0 heterocycles. The first-order valence-electron chi connectivity index (χ1n) is 6.48. The fourth-order valence-corrected chi connectivity index (χ4v) is 2.33. The molecule has 1 amide bonds. The number of benzene rings is 2. The van der Waals surface area contributed by atoms with Gasteiger partial charge in [0.15, 0.2) is 0 Å². The van der Waals surface area contributed by atoms with Crippen molar-refractivity contribution >= 4 is 33.2 Å². The molecule has 2 rings (SSSR count). The highest BCUT2D eigenvalue weighted by Gasteiger charge is 2.13. The minimum atomic E-state index is -0.173. The number of halogens is 1. The molecule has 0 saturated heterocycles. The van der Waals surface area contributed by atoms with Crippen molar-refractivity contribution in [1.29, 1.82) is 0 Å². The second kappa shape index (κ2) is 6.63. The molecule has 0 unspecified atom stereocenters. The van der Waals surface area contributed by atoms with Gasteiger partial charge < -0.3 is 15.4 Å². The topological polar surface area (TPSA) is 50.4 Å². The number of ether oxygens (including phenoxy) is 1. The zero-order chi connectivity index (χ0) is 15.4. The highest BCUT2D eigenvalue weighted by Crippen LogP contribution is 2.28. The first kappa shape index (κ1) is 15.4. The first-order chi connectivity index (χ1) is 10.0. The van der Waals surface area contributed by atoms with E-state index < -0.39 is 0 Å². The summed E-state index contributed by atoms with van der Waals surface area (Å²) >= 11 is 3.42. The molecule has 0 aliphatic heterocycles. The van der Waals surface area contributed by atoms with Gasteiger partial charge in [-0.1, -0.05) is 6.07 Å². The smallest absolute Gasteiger partial charge is 0.257 e. The molecule has 0 aliphatic carbocycles. The van der Waals surface area contributed by atoms with E-state index in [1.54, 1.807) is 20.2 Å². The minimum Gasteiger partial charge on any atom is -0.497 e. The molecule has 0 saturated carbocycles. The maximum atomic E-state index is 12.4. The van der Waals surface area contributed by atoms with Gasteiger partial charge >= 0.3 is 0 Å². The molecule has 0 fully saturated rings. The van der Waals surface area contributed by atoms with Crippen LogP contribution in [0.2, 0.25) is 0 Å². The van der Waals surface area contributed by atoms with E-state index in [2.05, 4.69) is 26.6 Å². The number of hydrogen-bond acceptors (Lipinski definition) is 3. The van der Waals surface area contributed by atoms with Crippen LogP contribution in [0.15, 0.2) is 40.9 Å². The maximum absolute atomic E-state index is 12.4. The van der Waals surface area contributed by atoms with Crippen molar-refractivity contribution in [1.82, 2.24) is 0 Å². The van der Waals surface area contributed by atoms with E-state index in [4.69, 9.17) is 4.74 Å². The SMILES string of the molecule is CNc1cc(C)ccc1C(=O)Nc1cc(OC)ccc1Br. The predicted molar refractivity (Wildman–Crippen MR) is 89.4 cm³/mol. The van der Waals surface area contributed by atoms with E-state index in [1.165, 1.54) is 0 Å². The quantitative estimate of drug-likeness (QED) is 0.875. The van der Waals surface area contributed by atoms with Crippen LogP contribution in [-0.4, -0.2) is 20.1 Å². The third kappa shape index (κ3) is 3.55. The second-order valence-corrected chi connectivity index (χ2v) is 5.45. The van der Waals surface area contributed by atoms with E-state index in [-0.39, 0.29) is 5.91 Å². The zero-order valence-electron chi connectivity index (χ0n) is 12.2. The predicted octanol–water partition coefficient (Wildman–Crippen LogP) is 4.06. The maximum Gasteiger partial charge on any atom is 0.257 e. The Labute approximate surface area is 132 Å². The molecule has 2 aromatic rings. The Balaban J connectivity index is 2.30. The van der Waals surface area contributed by atoms with Gasteiger partial charge in [-0.2, -0.15) is 0 Å². The summed E-state index contributed by atoms with van der Waals surface area (Å²) in [5.74, 6) is 0.513. The Morgan fingerprint density at radius 1 is 1.14 bits per heavy atom. The summed E-state index contributed by atoms with van der Waals surface area (Å²) in [6, 6.07) is 11.1. The van der Waals surface area contributed by atoms with Crippen molar-refractivity contribution in [2.75, 3.05) is 24.8 Å².